The average molecular weight is 457 g/mol. The molecule has 10 nitrogen and oxygen atoms in total. The number of hydrogen-bond acceptors (Lipinski definition) is 7. The summed E-state index contributed by atoms with van der Waals surface area (Å²) in [6.07, 6.45) is 2.93. The smallest absolute Gasteiger partial charge is 0.255 e. The summed E-state index contributed by atoms with van der Waals surface area (Å²) in [6, 6.07) is 13.7. The summed E-state index contributed by atoms with van der Waals surface area (Å²) < 4.78 is 1.60. The second kappa shape index (κ2) is 9.41. The maximum atomic E-state index is 12.7. The number of hydrogen-bond donors (Lipinski definition) is 4. The molecule has 10 heteroatoms. The monoisotopic (exact) mass is 456 g/mol. The van der Waals surface area contributed by atoms with Crippen LogP contribution in [0.1, 0.15) is 35.7 Å². The Morgan fingerprint density at radius 1 is 1.03 bits per heavy atom. The van der Waals surface area contributed by atoms with Gasteiger partial charge in [0.1, 0.15) is 0 Å². The van der Waals surface area contributed by atoms with Gasteiger partial charge in [0, 0.05) is 28.2 Å². The van der Waals surface area contributed by atoms with Gasteiger partial charge in [-0.1, -0.05) is 26.5 Å². The molecule has 0 saturated carbocycles. The Morgan fingerprint density at radius 2 is 1.76 bits per heavy atom. The SMILES string of the molecule is C=CC(=O)Nc1ccc(C(=O)Nc2cccc(Nc3nc(N)nc4c(C(C)C)cnn34)c2)cc1. The van der Waals surface area contributed by atoms with E-state index >= 15 is 0 Å². The van der Waals surface area contributed by atoms with Gasteiger partial charge in [0.2, 0.25) is 17.8 Å². The minimum absolute atomic E-state index is 0.134. The lowest BCUT2D eigenvalue weighted by Gasteiger charge is -2.11. The molecule has 172 valence electrons. The zero-order chi connectivity index (χ0) is 24.2. The molecule has 2 heterocycles. The largest absolute Gasteiger partial charge is 0.368 e. The number of nitrogens with two attached hydrogens (primary N) is 1. The lowest BCUT2D eigenvalue weighted by Crippen LogP contribution is -2.13. The van der Waals surface area contributed by atoms with Crippen molar-refractivity contribution < 1.29 is 9.59 Å². The van der Waals surface area contributed by atoms with Crippen LogP contribution in [0.3, 0.4) is 0 Å². The molecule has 4 rings (SSSR count). The van der Waals surface area contributed by atoms with Gasteiger partial charge in [-0.15, -0.1) is 0 Å². The zero-order valence-corrected chi connectivity index (χ0v) is 18.7. The summed E-state index contributed by atoms with van der Waals surface area (Å²) in [4.78, 5) is 32.7. The maximum absolute atomic E-state index is 12.7. The molecular weight excluding hydrogens is 432 g/mol. The van der Waals surface area contributed by atoms with Gasteiger partial charge in [0.05, 0.1) is 6.20 Å². The van der Waals surface area contributed by atoms with E-state index in [2.05, 4.69) is 51.4 Å². The van der Waals surface area contributed by atoms with Gasteiger partial charge in [0.25, 0.3) is 5.91 Å². The van der Waals surface area contributed by atoms with Crippen LogP contribution >= 0.6 is 0 Å². The molecule has 4 aromatic rings. The van der Waals surface area contributed by atoms with Gasteiger partial charge in [-0.3, -0.25) is 9.59 Å². The number of benzene rings is 2. The number of aromatic nitrogens is 4. The number of anilines is 5. The number of nitrogens with one attached hydrogen (secondary N) is 3. The topological polar surface area (TPSA) is 139 Å². The van der Waals surface area contributed by atoms with E-state index in [4.69, 9.17) is 5.73 Å². The second-order valence-electron chi connectivity index (χ2n) is 7.83. The number of nitrogen functional groups attached to an aromatic ring is 1. The zero-order valence-electron chi connectivity index (χ0n) is 18.7. The van der Waals surface area contributed by atoms with Crippen molar-refractivity contribution in [3.05, 3.63) is 78.5 Å². The highest BCUT2D eigenvalue weighted by Crippen LogP contribution is 2.24. The first-order valence-electron chi connectivity index (χ1n) is 10.6. The minimum atomic E-state index is -0.320. The van der Waals surface area contributed by atoms with E-state index in [1.165, 1.54) is 6.08 Å². The van der Waals surface area contributed by atoms with Crippen molar-refractivity contribution in [2.75, 3.05) is 21.7 Å². The standard InChI is InChI=1S/C24H24N8O2/c1-4-20(33)27-16-10-8-15(9-11-16)22(34)28-17-6-5-7-18(12-17)29-24-31-23(25)30-21-19(14(2)3)13-26-32(21)24/h4-14H,1H2,2-3H3,(H,27,33)(H,28,34)(H3,25,29,30,31). The van der Waals surface area contributed by atoms with Crippen LogP contribution in [0.15, 0.2) is 67.4 Å². The van der Waals surface area contributed by atoms with E-state index in [9.17, 15) is 9.59 Å². The van der Waals surface area contributed by atoms with Gasteiger partial charge in [0.15, 0.2) is 5.65 Å². The highest BCUT2D eigenvalue weighted by atomic mass is 16.2. The maximum Gasteiger partial charge on any atom is 0.255 e. The Labute approximate surface area is 195 Å². The predicted octanol–water partition coefficient (Wildman–Crippen LogP) is 3.95. The van der Waals surface area contributed by atoms with Crippen molar-refractivity contribution in [2.24, 2.45) is 0 Å². The Kier molecular flexibility index (Phi) is 6.22. The molecule has 0 saturated heterocycles. The molecule has 0 fully saturated rings. The molecule has 0 radical (unpaired) electrons. The lowest BCUT2D eigenvalue weighted by molar-refractivity contribution is -0.111. The highest BCUT2D eigenvalue weighted by Gasteiger charge is 2.15. The van der Waals surface area contributed by atoms with Crippen LogP contribution in [0.25, 0.3) is 5.65 Å². The van der Waals surface area contributed by atoms with Crippen LogP contribution in [-0.4, -0.2) is 31.4 Å². The molecule has 0 bridgehead atoms. The number of carbonyl (C=O) groups is 2. The number of rotatable bonds is 7. The molecule has 2 aromatic carbocycles. The van der Waals surface area contributed by atoms with Gasteiger partial charge in [-0.05, 0) is 54.5 Å². The fourth-order valence-corrected chi connectivity index (χ4v) is 3.30. The molecule has 0 spiro atoms. The minimum Gasteiger partial charge on any atom is -0.368 e. The number of nitrogens with zero attached hydrogens (tertiary/aromatic N) is 4. The van der Waals surface area contributed by atoms with Crippen molar-refractivity contribution >= 4 is 46.4 Å². The molecule has 0 aliphatic rings. The van der Waals surface area contributed by atoms with Crippen LogP contribution in [-0.2, 0) is 4.79 Å². The molecule has 0 aliphatic carbocycles. The average Bonchev–Trinajstić information content (AvgIpc) is 3.24. The Hall–Kier alpha value is -4.73. The van der Waals surface area contributed by atoms with Crippen LogP contribution in [0.5, 0.6) is 0 Å². The van der Waals surface area contributed by atoms with Crippen molar-refractivity contribution in [3.8, 4) is 0 Å². The summed E-state index contributed by atoms with van der Waals surface area (Å²) in [7, 11) is 0. The number of carbonyl (C=O) groups excluding carboxylic acids is 2. The molecule has 0 atom stereocenters. The number of fused-ring (bicyclic) bond motifs is 1. The third-order valence-corrected chi connectivity index (χ3v) is 5.01. The Balaban J connectivity index is 1.51. The van der Waals surface area contributed by atoms with Gasteiger partial charge >= 0.3 is 0 Å². The first kappa shape index (κ1) is 22.5. The third-order valence-electron chi connectivity index (χ3n) is 5.01. The summed E-state index contributed by atoms with van der Waals surface area (Å²) in [5.41, 5.74) is 9.81. The quantitative estimate of drug-likeness (QED) is 0.309. The van der Waals surface area contributed by atoms with Crippen LogP contribution in [0.2, 0.25) is 0 Å². The van der Waals surface area contributed by atoms with Crippen molar-refractivity contribution in [1.29, 1.82) is 0 Å². The van der Waals surface area contributed by atoms with Gasteiger partial charge in [-0.2, -0.15) is 19.6 Å². The Bertz CT molecular complexity index is 1380. The van der Waals surface area contributed by atoms with Crippen molar-refractivity contribution in [1.82, 2.24) is 19.6 Å². The number of amides is 2. The van der Waals surface area contributed by atoms with E-state index in [-0.39, 0.29) is 23.7 Å². The van der Waals surface area contributed by atoms with E-state index in [1.807, 2.05) is 6.07 Å². The predicted molar refractivity (Wildman–Crippen MR) is 132 cm³/mol. The molecule has 0 unspecified atom stereocenters. The molecular formula is C24H24N8O2. The fourth-order valence-electron chi connectivity index (χ4n) is 3.30. The normalized spacial score (nSPS) is 10.8. The highest BCUT2D eigenvalue weighted by molar-refractivity contribution is 6.05. The molecule has 2 amide bonds. The second-order valence-corrected chi connectivity index (χ2v) is 7.83. The van der Waals surface area contributed by atoms with Crippen LogP contribution < -0.4 is 21.7 Å². The molecule has 0 aliphatic heterocycles. The third kappa shape index (κ3) is 4.85. The van der Waals surface area contributed by atoms with E-state index in [0.29, 0.717) is 34.2 Å². The van der Waals surface area contributed by atoms with Crippen LogP contribution in [0, 0.1) is 0 Å². The summed E-state index contributed by atoms with van der Waals surface area (Å²) in [6.45, 7) is 7.52. The van der Waals surface area contributed by atoms with E-state index in [0.717, 1.165) is 5.56 Å². The first-order chi connectivity index (χ1) is 16.3. The molecule has 34 heavy (non-hydrogen) atoms. The molecule has 2 aromatic heterocycles. The summed E-state index contributed by atoms with van der Waals surface area (Å²) in [5, 5.41) is 13.1. The van der Waals surface area contributed by atoms with Crippen molar-refractivity contribution in [3.63, 3.8) is 0 Å². The van der Waals surface area contributed by atoms with Crippen molar-refractivity contribution in [2.45, 2.75) is 19.8 Å². The molecule has 5 N–H and O–H groups in total. The van der Waals surface area contributed by atoms with E-state index in [1.54, 1.807) is 53.2 Å². The van der Waals surface area contributed by atoms with Gasteiger partial charge in [-0.25, -0.2) is 0 Å². The fraction of sp³-hybridized carbons (Fsp3) is 0.125. The van der Waals surface area contributed by atoms with Gasteiger partial charge < -0.3 is 21.7 Å². The Morgan fingerprint density at radius 3 is 2.47 bits per heavy atom. The summed E-state index contributed by atoms with van der Waals surface area (Å²) >= 11 is 0. The lowest BCUT2D eigenvalue weighted by atomic mass is 10.1. The summed E-state index contributed by atoms with van der Waals surface area (Å²) in [5.74, 6) is 0.163. The first-order valence-corrected chi connectivity index (χ1v) is 10.6. The van der Waals surface area contributed by atoms with E-state index < -0.39 is 0 Å². The van der Waals surface area contributed by atoms with Crippen LogP contribution in [0.4, 0.5) is 29.0 Å².